The molecule has 0 radical (unpaired) electrons. The Morgan fingerprint density at radius 3 is 2.05 bits per heavy atom. The van der Waals surface area contributed by atoms with Crippen LogP contribution in [0.2, 0.25) is 0 Å². The molecule has 20 heavy (non-hydrogen) atoms. The maximum absolute atomic E-state index is 14.0. The lowest BCUT2D eigenvalue weighted by Gasteiger charge is -2.32. The summed E-state index contributed by atoms with van der Waals surface area (Å²) in [7, 11) is 0. The minimum Gasteiger partial charge on any atom is -0.459 e. The Kier molecular flexibility index (Phi) is 6.51. The van der Waals surface area contributed by atoms with Gasteiger partial charge in [-0.25, -0.2) is 8.78 Å². The van der Waals surface area contributed by atoms with Gasteiger partial charge in [-0.05, 0) is 33.1 Å². The van der Waals surface area contributed by atoms with Crippen molar-refractivity contribution in [3.05, 3.63) is 0 Å². The number of rotatable bonds is 6. The van der Waals surface area contributed by atoms with Crippen LogP contribution >= 0.6 is 0 Å². The van der Waals surface area contributed by atoms with Crippen LogP contribution < -0.4 is 11.5 Å². The first-order valence-electron chi connectivity index (χ1n) is 6.59. The summed E-state index contributed by atoms with van der Waals surface area (Å²) in [4.78, 5) is 11.6. The van der Waals surface area contributed by atoms with E-state index in [0.717, 1.165) is 0 Å². The van der Waals surface area contributed by atoms with Crippen LogP contribution in [0.5, 0.6) is 0 Å². The van der Waals surface area contributed by atoms with Crippen molar-refractivity contribution in [2.24, 2.45) is 17.4 Å². The first-order chi connectivity index (χ1) is 8.79. The Morgan fingerprint density at radius 2 is 1.70 bits per heavy atom. The lowest BCUT2D eigenvalue weighted by molar-refractivity contribution is -0.180. The second-order valence-corrected chi connectivity index (χ2v) is 6.42. The van der Waals surface area contributed by atoms with E-state index in [1.54, 1.807) is 13.8 Å². The molecule has 5 N–H and O–H groups in total. The van der Waals surface area contributed by atoms with Crippen molar-refractivity contribution in [1.29, 1.82) is 0 Å². The zero-order valence-corrected chi connectivity index (χ0v) is 12.7. The molecule has 0 spiro atoms. The topological polar surface area (TPSA) is 98.6 Å². The van der Waals surface area contributed by atoms with Crippen molar-refractivity contribution < 1.29 is 23.4 Å². The number of hydrogen-bond acceptors (Lipinski definition) is 5. The number of carbonyl (C=O) groups is 1. The molecule has 0 rings (SSSR count). The van der Waals surface area contributed by atoms with E-state index in [9.17, 15) is 18.7 Å². The largest absolute Gasteiger partial charge is 0.459 e. The summed E-state index contributed by atoms with van der Waals surface area (Å²) < 4.78 is 32.8. The molecular weight excluding hydrogens is 270 g/mol. The van der Waals surface area contributed by atoms with Gasteiger partial charge < -0.3 is 21.3 Å². The fourth-order valence-electron chi connectivity index (χ4n) is 1.67. The Morgan fingerprint density at radius 1 is 1.25 bits per heavy atom. The number of esters is 1. The van der Waals surface area contributed by atoms with E-state index in [4.69, 9.17) is 16.2 Å². The summed E-state index contributed by atoms with van der Waals surface area (Å²) in [5.41, 5.74) is 9.83. The molecule has 0 heterocycles. The van der Waals surface area contributed by atoms with Crippen LogP contribution in [-0.4, -0.2) is 40.8 Å². The third-order valence-corrected chi connectivity index (χ3v) is 2.62. The predicted octanol–water partition coefficient (Wildman–Crippen LogP) is 1.03. The molecule has 0 aliphatic heterocycles. The van der Waals surface area contributed by atoms with Gasteiger partial charge in [-0.15, -0.1) is 0 Å². The highest BCUT2D eigenvalue weighted by atomic mass is 19.3. The number of alkyl halides is 2. The lowest BCUT2D eigenvalue weighted by Crippen LogP contribution is -2.60. The van der Waals surface area contributed by atoms with Gasteiger partial charge in [0.2, 0.25) is 0 Å². The molecule has 0 saturated carbocycles. The molecule has 3 atom stereocenters. The van der Waals surface area contributed by atoms with Crippen molar-refractivity contribution in [3.8, 4) is 0 Å². The van der Waals surface area contributed by atoms with E-state index in [-0.39, 0.29) is 12.3 Å². The van der Waals surface area contributed by atoms with Gasteiger partial charge in [-0.3, -0.25) is 4.79 Å². The van der Waals surface area contributed by atoms with Crippen LogP contribution in [-0.2, 0) is 9.53 Å². The van der Waals surface area contributed by atoms with Crippen molar-refractivity contribution >= 4 is 5.97 Å². The highest BCUT2D eigenvalue weighted by molar-refractivity contribution is 5.77. The van der Waals surface area contributed by atoms with Crippen molar-refractivity contribution in [1.82, 2.24) is 0 Å². The molecule has 0 aliphatic carbocycles. The predicted molar refractivity (Wildman–Crippen MR) is 72.2 cm³/mol. The van der Waals surface area contributed by atoms with Gasteiger partial charge >= 0.3 is 5.97 Å². The summed E-state index contributed by atoms with van der Waals surface area (Å²) in [5.74, 6) is -5.08. The van der Waals surface area contributed by atoms with E-state index in [0.29, 0.717) is 0 Å². The van der Waals surface area contributed by atoms with Gasteiger partial charge in [0.15, 0.2) is 6.04 Å². The molecule has 3 unspecified atom stereocenters. The summed E-state index contributed by atoms with van der Waals surface area (Å²) in [6.07, 6.45) is -2.01. The fourth-order valence-corrected chi connectivity index (χ4v) is 1.67. The minimum absolute atomic E-state index is 0.0354. The number of aliphatic hydroxyl groups excluding tert-OH is 1. The molecule has 0 aromatic carbocycles. The van der Waals surface area contributed by atoms with Crippen LogP contribution in [0.3, 0.4) is 0 Å². The smallest absolute Gasteiger partial charge is 0.329 e. The molecule has 0 aliphatic rings. The van der Waals surface area contributed by atoms with Gasteiger partial charge in [0, 0.05) is 6.04 Å². The molecule has 0 fully saturated rings. The van der Waals surface area contributed by atoms with E-state index in [1.807, 2.05) is 0 Å². The maximum Gasteiger partial charge on any atom is 0.329 e. The van der Waals surface area contributed by atoms with E-state index < -0.39 is 35.7 Å². The summed E-state index contributed by atoms with van der Waals surface area (Å²) in [6.45, 7) is 8.20. The monoisotopic (exact) mass is 296 g/mol. The summed E-state index contributed by atoms with van der Waals surface area (Å²) in [5, 5.41) is 9.65. The second kappa shape index (κ2) is 6.78. The molecule has 120 valence electrons. The number of aliphatic hydroxyl groups is 1. The standard InChI is InChI=1S/C13H26F2N2O3/c1-7(2)6-8(16)10(18)13(14,15)9(17)11(19)20-12(3,4)5/h7-10,18H,6,16-17H2,1-5H3. The average Bonchev–Trinajstić information content (AvgIpc) is 2.23. The molecule has 0 bridgehead atoms. The molecule has 0 aromatic heterocycles. The third-order valence-electron chi connectivity index (χ3n) is 2.62. The van der Waals surface area contributed by atoms with Crippen LogP contribution in [0.25, 0.3) is 0 Å². The Hall–Kier alpha value is -0.790. The molecule has 0 aromatic rings. The van der Waals surface area contributed by atoms with E-state index >= 15 is 0 Å². The van der Waals surface area contributed by atoms with E-state index in [2.05, 4.69) is 0 Å². The SMILES string of the molecule is CC(C)CC(N)C(O)C(F)(F)C(N)C(=O)OC(C)(C)C. The van der Waals surface area contributed by atoms with Gasteiger partial charge in [-0.1, -0.05) is 13.8 Å². The number of hydrogen-bond donors (Lipinski definition) is 3. The molecule has 7 heteroatoms. The lowest BCUT2D eigenvalue weighted by atomic mass is 9.93. The minimum atomic E-state index is -3.85. The molecule has 0 amide bonds. The van der Waals surface area contributed by atoms with Crippen LogP contribution in [0.4, 0.5) is 8.78 Å². The number of carbonyl (C=O) groups excluding carboxylic acids is 1. The van der Waals surface area contributed by atoms with Gasteiger partial charge in [-0.2, -0.15) is 0 Å². The van der Waals surface area contributed by atoms with Crippen molar-refractivity contribution in [2.45, 2.75) is 70.8 Å². The third kappa shape index (κ3) is 5.68. The van der Waals surface area contributed by atoms with Crippen molar-refractivity contribution in [2.75, 3.05) is 0 Å². The Balaban J connectivity index is 4.88. The molecule has 5 nitrogen and oxygen atoms in total. The highest BCUT2D eigenvalue weighted by Gasteiger charge is 2.51. The van der Waals surface area contributed by atoms with Gasteiger partial charge in [0.05, 0.1) is 0 Å². The molecular formula is C13H26F2N2O3. The number of nitrogens with two attached hydrogens (primary N) is 2. The molecule has 0 saturated heterocycles. The number of halogens is 2. The quantitative estimate of drug-likeness (QED) is 0.636. The first kappa shape index (κ1) is 19.2. The number of ether oxygens (including phenoxy) is 1. The van der Waals surface area contributed by atoms with E-state index in [1.165, 1.54) is 20.8 Å². The zero-order chi connectivity index (χ0) is 16.3. The normalized spacial score (nSPS) is 17.8. The van der Waals surface area contributed by atoms with Crippen molar-refractivity contribution in [3.63, 3.8) is 0 Å². The van der Waals surface area contributed by atoms with Gasteiger partial charge in [0.25, 0.3) is 5.92 Å². The Bertz CT molecular complexity index is 330. The first-order valence-corrected chi connectivity index (χ1v) is 6.59. The summed E-state index contributed by atoms with van der Waals surface area (Å²) in [6, 6.07) is -3.42. The maximum atomic E-state index is 14.0. The van der Waals surface area contributed by atoms with Crippen LogP contribution in [0.15, 0.2) is 0 Å². The van der Waals surface area contributed by atoms with Gasteiger partial charge in [0.1, 0.15) is 11.7 Å². The Labute approximate surface area is 118 Å². The van der Waals surface area contributed by atoms with Crippen LogP contribution in [0.1, 0.15) is 41.0 Å². The summed E-state index contributed by atoms with van der Waals surface area (Å²) >= 11 is 0. The zero-order valence-electron chi connectivity index (χ0n) is 12.7. The fraction of sp³-hybridized carbons (Fsp3) is 0.923. The highest BCUT2D eigenvalue weighted by Crippen LogP contribution is 2.27. The second-order valence-electron chi connectivity index (χ2n) is 6.42. The average molecular weight is 296 g/mol. The van der Waals surface area contributed by atoms with Crippen LogP contribution in [0, 0.1) is 5.92 Å².